The number of nitrogens with zero attached hydrogens (tertiary/aromatic N) is 2. The molecule has 1 aromatic heterocycles. The molecule has 7 nitrogen and oxygen atoms in total. The van der Waals surface area contributed by atoms with Gasteiger partial charge in [0, 0.05) is 11.1 Å². The first-order valence-electron chi connectivity index (χ1n) is 9.90. The van der Waals surface area contributed by atoms with E-state index in [4.69, 9.17) is 32.7 Å². The monoisotopic (exact) mass is 482 g/mol. The second-order valence-corrected chi connectivity index (χ2v) is 7.75. The predicted octanol–water partition coefficient (Wildman–Crippen LogP) is 6.38. The van der Waals surface area contributed by atoms with Crippen molar-refractivity contribution in [3.8, 4) is 11.5 Å². The minimum atomic E-state index is -0.429. The summed E-state index contributed by atoms with van der Waals surface area (Å²) in [6.07, 6.45) is 0. The van der Waals surface area contributed by atoms with Crippen molar-refractivity contribution in [3.63, 3.8) is 0 Å². The summed E-state index contributed by atoms with van der Waals surface area (Å²) in [5.74, 6) is 1.66. The second kappa shape index (κ2) is 9.85. The van der Waals surface area contributed by atoms with Crippen LogP contribution in [0.2, 0.25) is 10.0 Å². The Hall–Kier alpha value is -3.68. The molecule has 33 heavy (non-hydrogen) atoms. The molecule has 0 bridgehead atoms. The van der Waals surface area contributed by atoms with Crippen LogP contribution in [0.3, 0.4) is 0 Å². The van der Waals surface area contributed by atoms with Gasteiger partial charge in [0.15, 0.2) is 5.82 Å². The number of para-hydroxylation sites is 4. The first-order valence-corrected chi connectivity index (χ1v) is 10.7. The van der Waals surface area contributed by atoms with Gasteiger partial charge in [-0.2, -0.15) is 4.68 Å². The summed E-state index contributed by atoms with van der Waals surface area (Å²) in [4.78, 5) is 13.4. The Labute approximate surface area is 200 Å². The van der Waals surface area contributed by atoms with Gasteiger partial charge in [-0.3, -0.25) is 4.79 Å². The maximum absolute atomic E-state index is 13.4. The van der Waals surface area contributed by atoms with Gasteiger partial charge in [-0.1, -0.05) is 47.5 Å². The molecule has 4 rings (SSSR count). The fourth-order valence-corrected chi connectivity index (χ4v) is 3.72. The summed E-state index contributed by atoms with van der Waals surface area (Å²) >= 11 is 12.3. The van der Waals surface area contributed by atoms with Gasteiger partial charge in [0.05, 0.1) is 36.2 Å². The standard InChI is InChI=1S/C24H20Cl2N4O3/c1-32-20-9-5-3-7-18(20)27-22-14-23(28-19-8-4-6-10-21(19)33-2)30(29-22)24(31)16-12-11-15(25)13-17(16)26/h3-14,28H,1-2H3,(H,27,29). The maximum atomic E-state index is 13.4. The molecule has 0 aliphatic carbocycles. The average molecular weight is 483 g/mol. The molecule has 0 radical (unpaired) electrons. The summed E-state index contributed by atoms with van der Waals surface area (Å²) in [6, 6.07) is 21.2. The van der Waals surface area contributed by atoms with Crippen molar-refractivity contribution in [2.75, 3.05) is 24.9 Å². The number of carbonyl (C=O) groups is 1. The molecule has 2 N–H and O–H groups in total. The number of hydrogen-bond acceptors (Lipinski definition) is 6. The lowest BCUT2D eigenvalue weighted by Crippen LogP contribution is -2.16. The number of nitrogens with one attached hydrogen (secondary N) is 2. The number of aromatic nitrogens is 2. The summed E-state index contributed by atoms with van der Waals surface area (Å²) in [5, 5.41) is 11.6. The maximum Gasteiger partial charge on any atom is 0.281 e. The number of ether oxygens (including phenoxy) is 2. The third-order valence-electron chi connectivity index (χ3n) is 4.80. The molecular weight excluding hydrogens is 463 g/mol. The summed E-state index contributed by atoms with van der Waals surface area (Å²) in [6.45, 7) is 0. The molecular formula is C24H20Cl2N4O3. The zero-order valence-corrected chi connectivity index (χ0v) is 19.3. The third-order valence-corrected chi connectivity index (χ3v) is 5.35. The van der Waals surface area contributed by atoms with Crippen molar-refractivity contribution in [1.29, 1.82) is 0 Å². The number of halogens is 2. The highest BCUT2D eigenvalue weighted by molar-refractivity contribution is 6.36. The molecule has 4 aromatic rings. The summed E-state index contributed by atoms with van der Waals surface area (Å²) < 4.78 is 12.1. The van der Waals surface area contributed by atoms with Crippen LogP contribution in [-0.4, -0.2) is 29.9 Å². The Morgan fingerprint density at radius 1 is 0.848 bits per heavy atom. The van der Waals surface area contributed by atoms with E-state index in [2.05, 4.69) is 15.7 Å². The molecule has 0 aliphatic heterocycles. The fraction of sp³-hybridized carbons (Fsp3) is 0.0833. The van der Waals surface area contributed by atoms with Crippen molar-refractivity contribution in [1.82, 2.24) is 9.78 Å². The van der Waals surface area contributed by atoms with Gasteiger partial charge in [-0.05, 0) is 42.5 Å². The van der Waals surface area contributed by atoms with Crippen LogP contribution < -0.4 is 20.1 Å². The van der Waals surface area contributed by atoms with Crippen LogP contribution in [-0.2, 0) is 0 Å². The molecule has 0 saturated carbocycles. The van der Waals surface area contributed by atoms with E-state index in [1.165, 1.54) is 10.7 Å². The van der Waals surface area contributed by atoms with Crippen LogP contribution >= 0.6 is 23.2 Å². The minimum absolute atomic E-state index is 0.227. The van der Waals surface area contributed by atoms with Gasteiger partial charge < -0.3 is 20.1 Å². The number of carbonyl (C=O) groups excluding carboxylic acids is 1. The summed E-state index contributed by atoms with van der Waals surface area (Å²) in [5.41, 5.74) is 1.63. The largest absolute Gasteiger partial charge is 0.495 e. The Balaban J connectivity index is 1.76. The smallest absolute Gasteiger partial charge is 0.281 e. The van der Waals surface area contributed by atoms with Crippen LogP contribution in [0.15, 0.2) is 72.8 Å². The molecule has 0 atom stereocenters. The average Bonchev–Trinajstić information content (AvgIpc) is 3.21. The SMILES string of the molecule is COc1ccccc1Nc1cc(Nc2ccccc2OC)n(C(=O)c2ccc(Cl)cc2Cl)n1. The molecule has 0 unspecified atom stereocenters. The van der Waals surface area contributed by atoms with E-state index < -0.39 is 5.91 Å². The van der Waals surface area contributed by atoms with Gasteiger partial charge in [-0.15, -0.1) is 5.10 Å². The lowest BCUT2D eigenvalue weighted by molar-refractivity contribution is 0.0948. The quantitative estimate of drug-likeness (QED) is 0.318. The van der Waals surface area contributed by atoms with E-state index in [1.54, 1.807) is 32.4 Å². The van der Waals surface area contributed by atoms with E-state index >= 15 is 0 Å². The van der Waals surface area contributed by atoms with Crippen molar-refractivity contribution >= 4 is 52.1 Å². The van der Waals surface area contributed by atoms with Gasteiger partial charge >= 0.3 is 0 Å². The normalized spacial score (nSPS) is 10.5. The number of anilines is 4. The third kappa shape index (κ3) is 4.89. The Kier molecular flexibility index (Phi) is 6.72. The first kappa shape index (κ1) is 22.5. The van der Waals surface area contributed by atoms with Crippen LogP contribution in [0.5, 0.6) is 11.5 Å². The van der Waals surface area contributed by atoms with E-state index in [0.29, 0.717) is 39.5 Å². The topological polar surface area (TPSA) is 77.4 Å². The Morgan fingerprint density at radius 3 is 2.06 bits per heavy atom. The molecule has 0 aliphatic rings. The van der Waals surface area contributed by atoms with Crippen LogP contribution in [0.1, 0.15) is 10.4 Å². The molecule has 0 amide bonds. The molecule has 168 valence electrons. The molecule has 1 heterocycles. The molecule has 9 heteroatoms. The Morgan fingerprint density at radius 2 is 1.45 bits per heavy atom. The number of rotatable bonds is 7. The van der Waals surface area contributed by atoms with Crippen molar-refractivity contribution in [3.05, 3.63) is 88.4 Å². The van der Waals surface area contributed by atoms with Gasteiger partial charge in [-0.25, -0.2) is 0 Å². The van der Waals surface area contributed by atoms with Crippen LogP contribution in [0.25, 0.3) is 0 Å². The zero-order chi connectivity index (χ0) is 23.4. The fourth-order valence-electron chi connectivity index (χ4n) is 3.23. The van der Waals surface area contributed by atoms with Crippen LogP contribution in [0.4, 0.5) is 23.0 Å². The molecule has 0 fully saturated rings. The van der Waals surface area contributed by atoms with E-state index in [0.717, 1.165) is 0 Å². The van der Waals surface area contributed by atoms with Gasteiger partial charge in [0.2, 0.25) is 0 Å². The Bertz CT molecular complexity index is 1310. The van der Waals surface area contributed by atoms with Crippen molar-refractivity contribution in [2.45, 2.75) is 0 Å². The lowest BCUT2D eigenvalue weighted by Gasteiger charge is -2.12. The number of methoxy groups -OCH3 is 2. The van der Waals surface area contributed by atoms with Gasteiger partial charge in [0.1, 0.15) is 17.3 Å². The zero-order valence-electron chi connectivity index (χ0n) is 17.8. The first-order chi connectivity index (χ1) is 16.0. The molecule has 0 saturated heterocycles. The number of benzene rings is 3. The van der Waals surface area contributed by atoms with Crippen LogP contribution in [0, 0.1) is 0 Å². The molecule has 0 spiro atoms. The lowest BCUT2D eigenvalue weighted by atomic mass is 10.2. The minimum Gasteiger partial charge on any atom is -0.495 e. The molecule has 3 aromatic carbocycles. The highest BCUT2D eigenvalue weighted by Gasteiger charge is 2.20. The second-order valence-electron chi connectivity index (χ2n) is 6.91. The summed E-state index contributed by atoms with van der Waals surface area (Å²) in [7, 11) is 3.16. The highest BCUT2D eigenvalue weighted by Crippen LogP contribution is 2.32. The highest BCUT2D eigenvalue weighted by atomic mass is 35.5. The van der Waals surface area contributed by atoms with E-state index in [1.807, 2.05) is 48.5 Å². The van der Waals surface area contributed by atoms with E-state index in [-0.39, 0.29) is 10.6 Å². The van der Waals surface area contributed by atoms with Crippen molar-refractivity contribution in [2.24, 2.45) is 0 Å². The predicted molar refractivity (Wildman–Crippen MR) is 131 cm³/mol. The number of hydrogen-bond donors (Lipinski definition) is 2. The van der Waals surface area contributed by atoms with Crippen molar-refractivity contribution < 1.29 is 14.3 Å². The van der Waals surface area contributed by atoms with E-state index in [9.17, 15) is 4.79 Å². The van der Waals surface area contributed by atoms with Gasteiger partial charge in [0.25, 0.3) is 5.91 Å².